The fourth-order valence-corrected chi connectivity index (χ4v) is 6.72. The van der Waals surface area contributed by atoms with E-state index in [2.05, 4.69) is 30.2 Å². The van der Waals surface area contributed by atoms with E-state index >= 15 is 0 Å². The molecule has 2 aliphatic heterocycles. The van der Waals surface area contributed by atoms with Gasteiger partial charge in [-0.15, -0.1) is 0 Å². The van der Waals surface area contributed by atoms with Gasteiger partial charge in [0.15, 0.2) is 11.6 Å². The minimum Gasteiger partial charge on any atom is -0.507 e. The molecular formula is C41H42F2N8O4. The Kier molecular flexibility index (Phi) is 10.9. The van der Waals surface area contributed by atoms with Gasteiger partial charge in [-0.1, -0.05) is 38.1 Å². The normalized spacial score (nSPS) is 16.8. The minimum absolute atomic E-state index is 0.0729. The highest BCUT2D eigenvalue weighted by molar-refractivity contribution is 5.92. The van der Waals surface area contributed by atoms with Gasteiger partial charge in [0.25, 0.3) is 0 Å². The Morgan fingerprint density at radius 2 is 1.29 bits per heavy atom. The molecule has 2 fully saturated rings. The Morgan fingerprint density at radius 1 is 0.782 bits per heavy atom. The predicted octanol–water partition coefficient (Wildman–Crippen LogP) is 6.78. The number of amides is 1. The number of halogens is 2. The van der Waals surface area contributed by atoms with Crippen LogP contribution in [-0.4, -0.2) is 81.1 Å². The number of phenols is 2. The molecule has 0 spiro atoms. The lowest BCUT2D eigenvalue weighted by atomic mass is 10.1. The number of hydrogen-bond donors (Lipinski definition) is 4. The zero-order valence-corrected chi connectivity index (χ0v) is 30.5. The Bertz CT molecular complexity index is 2340. The highest BCUT2D eigenvalue weighted by Gasteiger charge is 2.28. The van der Waals surface area contributed by atoms with Crippen LogP contribution in [0.4, 0.5) is 25.2 Å². The summed E-state index contributed by atoms with van der Waals surface area (Å²) in [6.45, 7) is 6.91. The number of para-hydroxylation sites is 2. The highest BCUT2D eigenvalue weighted by Crippen LogP contribution is 2.35. The van der Waals surface area contributed by atoms with Gasteiger partial charge in [-0.05, 0) is 79.4 Å². The number of nitrogens with zero attached hydrogens (tertiary/aromatic N) is 6. The topological polar surface area (TPSA) is 163 Å². The molecule has 0 radical (unpaired) electrons. The summed E-state index contributed by atoms with van der Waals surface area (Å²) >= 11 is 0. The van der Waals surface area contributed by atoms with Crippen molar-refractivity contribution in [2.45, 2.75) is 38.8 Å². The molecule has 2 aliphatic rings. The van der Waals surface area contributed by atoms with Crippen LogP contribution in [-0.2, 0) is 4.74 Å². The highest BCUT2D eigenvalue weighted by atomic mass is 19.1. The molecule has 1 amide bonds. The van der Waals surface area contributed by atoms with Crippen molar-refractivity contribution in [3.8, 4) is 34.3 Å². The maximum absolute atomic E-state index is 14.0. The maximum atomic E-state index is 14.0. The van der Waals surface area contributed by atoms with Gasteiger partial charge in [-0.3, -0.25) is 0 Å². The first-order valence-corrected chi connectivity index (χ1v) is 18.2. The number of carbonyl (C=O) groups excluding carboxylic acids is 1. The number of rotatable bonds is 7. The fourth-order valence-electron chi connectivity index (χ4n) is 6.72. The SMILES string of the molecule is CC(C)COC(=O)N[C@@H]1CCN(c2nc(-c3ccccc3O)nc3ccc(F)cc23)C1.N[C@@H]1CCN(c2nc(-c3ccccc3O)nc3ccc(F)cc23)C1. The van der Waals surface area contributed by atoms with Crippen molar-refractivity contribution in [2.75, 3.05) is 42.6 Å². The molecule has 2 aromatic heterocycles. The largest absolute Gasteiger partial charge is 0.507 e. The summed E-state index contributed by atoms with van der Waals surface area (Å²) in [6.07, 6.45) is 1.14. The molecular weight excluding hydrogens is 706 g/mol. The van der Waals surface area contributed by atoms with Crippen LogP contribution in [0.5, 0.6) is 11.5 Å². The standard InChI is InChI=1S/C23H25FN4O3.C18H17FN4O/c1-14(2)13-31-23(30)25-16-9-10-28(12-16)22-18-11-15(24)7-8-19(18)26-21(27-22)17-5-3-4-6-20(17)29;19-11-5-6-15-14(9-11)18(23-8-7-12(20)10-23)22-17(21-15)13-3-1-2-4-16(13)24/h3-8,11,14,16,29H,9-10,12-13H2,1-2H3,(H,25,30);1-6,9,12,24H,7-8,10,20H2/t16-;12-/m11/s1. The van der Waals surface area contributed by atoms with Crippen molar-refractivity contribution in [1.29, 1.82) is 0 Å². The molecule has 0 unspecified atom stereocenters. The number of aromatic nitrogens is 4. The number of hydrogen-bond acceptors (Lipinski definition) is 11. The van der Waals surface area contributed by atoms with Gasteiger partial charge in [0.1, 0.15) is 34.8 Å². The Hall–Kier alpha value is -6.15. The van der Waals surface area contributed by atoms with E-state index in [9.17, 15) is 23.8 Å². The van der Waals surface area contributed by atoms with Crippen LogP contribution < -0.4 is 20.9 Å². The number of phenolic OH excluding ortho intramolecular Hbond substituents is 2. The van der Waals surface area contributed by atoms with Gasteiger partial charge in [0.05, 0.1) is 34.8 Å². The van der Waals surface area contributed by atoms with Gasteiger partial charge < -0.3 is 35.8 Å². The molecule has 284 valence electrons. The third-order valence-corrected chi connectivity index (χ3v) is 9.45. The summed E-state index contributed by atoms with van der Waals surface area (Å²) < 4.78 is 32.9. The summed E-state index contributed by atoms with van der Waals surface area (Å²) in [5, 5.41) is 24.5. The molecule has 0 saturated carbocycles. The first kappa shape index (κ1) is 37.2. The molecule has 5 N–H and O–H groups in total. The van der Waals surface area contributed by atoms with Crippen molar-refractivity contribution < 1.29 is 28.5 Å². The quantitative estimate of drug-likeness (QED) is 0.136. The van der Waals surface area contributed by atoms with Crippen LogP contribution in [0, 0.1) is 17.6 Å². The van der Waals surface area contributed by atoms with Gasteiger partial charge in [-0.25, -0.2) is 33.5 Å². The molecule has 0 bridgehead atoms. The Morgan fingerprint density at radius 3 is 1.78 bits per heavy atom. The molecule has 2 atom stereocenters. The monoisotopic (exact) mass is 748 g/mol. The third-order valence-electron chi connectivity index (χ3n) is 9.45. The molecule has 4 heterocycles. The number of nitrogens with one attached hydrogen (secondary N) is 1. The number of anilines is 2. The van der Waals surface area contributed by atoms with E-state index in [1.165, 1.54) is 24.3 Å². The van der Waals surface area contributed by atoms with Crippen molar-refractivity contribution >= 4 is 39.5 Å². The first-order chi connectivity index (χ1) is 26.5. The second-order valence-electron chi connectivity index (χ2n) is 14.2. The summed E-state index contributed by atoms with van der Waals surface area (Å²) in [4.78, 5) is 34.4. The molecule has 0 aliphatic carbocycles. The fraction of sp³-hybridized carbons (Fsp3) is 0.293. The van der Waals surface area contributed by atoms with Gasteiger partial charge in [0.2, 0.25) is 0 Å². The lowest BCUT2D eigenvalue weighted by Gasteiger charge is -2.21. The second-order valence-corrected chi connectivity index (χ2v) is 14.2. The van der Waals surface area contributed by atoms with Crippen LogP contribution in [0.25, 0.3) is 44.6 Å². The number of carbonyl (C=O) groups is 1. The van der Waals surface area contributed by atoms with E-state index in [1.807, 2.05) is 24.8 Å². The molecule has 12 nitrogen and oxygen atoms in total. The van der Waals surface area contributed by atoms with Crippen LogP contribution in [0.15, 0.2) is 84.9 Å². The van der Waals surface area contributed by atoms with E-state index in [4.69, 9.17) is 10.5 Å². The van der Waals surface area contributed by atoms with E-state index in [0.29, 0.717) is 88.9 Å². The molecule has 6 aromatic rings. The van der Waals surface area contributed by atoms with Crippen molar-refractivity contribution in [2.24, 2.45) is 11.7 Å². The van der Waals surface area contributed by atoms with Gasteiger partial charge >= 0.3 is 6.09 Å². The van der Waals surface area contributed by atoms with Crippen molar-refractivity contribution in [3.05, 3.63) is 96.6 Å². The minimum atomic E-state index is -0.436. The van der Waals surface area contributed by atoms with Gasteiger partial charge in [-0.2, -0.15) is 0 Å². The Labute approximate surface area is 316 Å². The lowest BCUT2D eigenvalue weighted by Crippen LogP contribution is -2.38. The molecule has 55 heavy (non-hydrogen) atoms. The number of nitrogens with two attached hydrogens (primary N) is 1. The smallest absolute Gasteiger partial charge is 0.407 e. The Balaban J connectivity index is 0.000000174. The van der Waals surface area contributed by atoms with E-state index in [0.717, 1.165) is 13.0 Å². The van der Waals surface area contributed by atoms with Crippen molar-refractivity contribution in [3.63, 3.8) is 0 Å². The summed E-state index contributed by atoms with van der Waals surface area (Å²) in [6, 6.07) is 22.6. The van der Waals surface area contributed by atoms with Gasteiger partial charge in [0, 0.05) is 43.0 Å². The summed E-state index contributed by atoms with van der Waals surface area (Å²) in [5.74, 6) is 1.76. The maximum Gasteiger partial charge on any atom is 0.407 e. The number of benzene rings is 4. The first-order valence-electron chi connectivity index (χ1n) is 18.2. The number of fused-ring (bicyclic) bond motifs is 2. The average Bonchev–Trinajstić information content (AvgIpc) is 3.82. The van der Waals surface area contributed by atoms with Crippen LogP contribution >= 0.6 is 0 Å². The number of aromatic hydroxyl groups is 2. The zero-order chi connectivity index (χ0) is 38.6. The average molecular weight is 749 g/mol. The number of ether oxygens (including phenoxy) is 1. The molecule has 2 saturated heterocycles. The van der Waals surface area contributed by atoms with E-state index in [-0.39, 0.29) is 41.1 Å². The molecule has 14 heteroatoms. The molecule has 8 rings (SSSR count). The predicted molar refractivity (Wildman–Crippen MR) is 208 cm³/mol. The van der Waals surface area contributed by atoms with Crippen molar-refractivity contribution in [1.82, 2.24) is 25.3 Å². The van der Waals surface area contributed by atoms with Crippen LogP contribution in [0.1, 0.15) is 26.7 Å². The molecule has 4 aromatic carbocycles. The second kappa shape index (κ2) is 16.1. The summed E-state index contributed by atoms with van der Waals surface area (Å²) in [7, 11) is 0. The van der Waals surface area contributed by atoms with Crippen LogP contribution in [0.3, 0.4) is 0 Å². The van der Waals surface area contributed by atoms with E-state index < -0.39 is 6.09 Å². The summed E-state index contributed by atoms with van der Waals surface area (Å²) in [5.41, 5.74) is 8.28. The van der Waals surface area contributed by atoms with Crippen LogP contribution in [0.2, 0.25) is 0 Å². The third kappa shape index (κ3) is 8.49. The number of alkyl carbamates (subject to hydrolysis) is 1. The lowest BCUT2D eigenvalue weighted by molar-refractivity contribution is 0.130. The van der Waals surface area contributed by atoms with E-state index in [1.54, 1.807) is 54.6 Å². The zero-order valence-electron chi connectivity index (χ0n) is 30.5.